The van der Waals surface area contributed by atoms with Crippen molar-refractivity contribution in [2.75, 3.05) is 0 Å². The Morgan fingerprint density at radius 2 is 2.21 bits per heavy atom. The molecule has 0 aliphatic heterocycles. The van der Waals surface area contributed by atoms with Gasteiger partial charge in [0.2, 0.25) is 0 Å². The predicted molar refractivity (Wildman–Crippen MR) is 69.3 cm³/mol. The van der Waals surface area contributed by atoms with Gasteiger partial charge in [0.05, 0.1) is 24.8 Å². The average molecular weight is 264 g/mol. The molecule has 4 nitrogen and oxygen atoms in total. The van der Waals surface area contributed by atoms with E-state index in [4.69, 9.17) is 4.74 Å². The Hall–Kier alpha value is -1.88. The summed E-state index contributed by atoms with van der Waals surface area (Å²) in [7, 11) is 0. The minimum atomic E-state index is -0.386. The zero-order valence-electron chi connectivity index (χ0n) is 11.0. The van der Waals surface area contributed by atoms with Crippen LogP contribution in [0.4, 0.5) is 4.39 Å². The molecule has 0 aliphatic rings. The van der Waals surface area contributed by atoms with Crippen molar-refractivity contribution >= 4 is 0 Å². The minimum absolute atomic E-state index is 0.253. The van der Waals surface area contributed by atoms with Crippen molar-refractivity contribution in [1.82, 2.24) is 9.55 Å². The first-order valence-corrected chi connectivity index (χ1v) is 6.14. The molecule has 0 saturated carbocycles. The third kappa shape index (κ3) is 3.12. The standard InChI is InChI=1S/C14H17FN2O2/c1-10(2)17-9-16-6-13(17)8-19-14-4-3-12(15)5-11(14)7-18/h3-6,9-10,18H,7-8H2,1-2H3. The Labute approximate surface area is 111 Å². The van der Waals surface area contributed by atoms with Gasteiger partial charge in [0.1, 0.15) is 18.2 Å². The van der Waals surface area contributed by atoms with Crippen LogP contribution in [0.15, 0.2) is 30.7 Å². The number of rotatable bonds is 5. The van der Waals surface area contributed by atoms with Crippen LogP contribution in [0.1, 0.15) is 31.1 Å². The summed E-state index contributed by atoms with van der Waals surface area (Å²) in [6.45, 7) is 4.19. The first-order chi connectivity index (χ1) is 9.11. The second-order valence-electron chi connectivity index (χ2n) is 4.58. The van der Waals surface area contributed by atoms with Gasteiger partial charge in [0.15, 0.2) is 0 Å². The number of hydrogen-bond donors (Lipinski definition) is 1. The average Bonchev–Trinajstić information content (AvgIpc) is 2.85. The Balaban J connectivity index is 2.12. The number of benzene rings is 1. The first-order valence-electron chi connectivity index (χ1n) is 6.14. The number of hydrogen-bond acceptors (Lipinski definition) is 3. The monoisotopic (exact) mass is 264 g/mol. The molecule has 2 aromatic rings. The Kier molecular flexibility index (Phi) is 4.16. The number of ether oxygens (including phenoxy) is 1. The molecule has 1 N–H and O–H groups in total. The van der Waals surface area contributed by atoms with E-state index in [1.54, 1.807) is 12.5 Å². The molecule has 19 heavy (non-hydrogen) atoms. The van der Waals surface area contributed by atoms with E-state index in [9.17, 15) is 9.50 Å². The summed E-state index contributed by atoms with van der Waals surface area (Å²) >= 11 is 0. The zero-order valence-corrected chi connectivity index (χ0v) is 11.0. The fourth-order valence-electron chi connectivity index (χ4n) is 1.87. The number of halogens is 1. The summed E-state index contributed by atoms with van der Waals surface area (Å²) in [5.41, 5.74) is 1.37. The summed E-state index contributed by atoms with van der Waals surface area (Å²) in [5, 5.41) is 9.18. The summed E-state index contributed by atoms with van der Waals surface area (Å²) in [5.74, 6) is 0.101. The van der Waals surface area contributed by atoms with Gasteiger partial charge in [0.25, 0.3) is 0 Å². The lowest BCUT2D eigenvalue weighted by Gasteiger charge is -2.14. The third-order valence-corrected chi connectivity index (χ3v) is 2.87. The van der Waals surface area contributed by atoms with E-state index in [0.29, 0.717) is 24.0 Å². The number of aromatic nitrogens is 2. The van der Waals surface area contributed by atoms with Crippen molar-refractivity contribution in [2.24, 2.45) is 0 Å². The number of aliphatic hydroxyl groups is 1. The van der Waals surface area contributed by atoms with Crippen molar-refractivity contribution in [3.8, 4) is 5.75 Å². The smallest absolute Gasteiger partial charge is 0.130 e. The maximum atomic E-state index is 13.0. The van der Waals surface area contributed by atoms with Crippen LogP contribution in [0.2, 0.25) is 0 Å². The number of nitrogens with zero attached hydrogens (tertiary/aromatic N) is 2. The highest BCUT2D eigenvalue weighted by Crippen LogP contribution is 2.21. The molecule has 0 aliphatic carbocycles. The third-order valence-electron chi connectivity index (χ3n) is 2.87. The van der Waals surface area contributed by atoms with Crippen LogP contribution in [0.25, 0.3) is 0 Å². The van der Waals surface area contributed by atoms with E-state index in [2.05, 4.69) is 18.8 Å². The Morgan fingerprint density at radius 1 is 1.42 bits per heavy atom. The van der Waals surface area contributed by atoms with Gasteiger partial charge in [-0.2, -0.15) is 0 Å². The number of aliphatic hydroxyl groups excluding tert-OH is 1. The van der Waals surface area contributed by atoms with Gasteiger partial charge in [-0.15, -0.1) is 0 Å². The van der Waals surface area contributed by atoms with Crippen LogP contribution in [-0.2, 0) is 13.2 Å². The van der Waals surface area contributed by atoms with Gasteiger partial charge in [-0.25, -0.2) is 9.37 Å². The molecule has 0 unspecified atom stereocenters. The van der Waals surface area contributed by atoms with Crippen molar-refractivity contribution in [3.63, 3.8) is 0 Å². The fourth-order valence-corrected chi connectivity index (χ4v) is 1.87. The van der Waals surface area contributed by atoms with Crippen molar-refractivity contribution in [3.05, 3.63) is 47.8 Å². The van der Waals surface area contributed by atoms with Gasteiger partial charge < -0.3 is 14.4 Å². The molecule has 0 radical (unpaired) electrons. The van der Waals surface area contributed by atoms with Crippen LogP contribution in [0, 0.1) is 5.82 Å². The summed E-state index contributed by atoms with van der Waals surface area (Å²) in [6.07, 6.45) is 3.49. The molecular weight excluding hydrogens is 247 g/mol. The van der Waals surface area contributed by atoms with Crippen LogP contribution in [0.5, 0.6) is 5.75 Å². The Bertz CT molecular complexity index is 552. The van der Waals surface area contributed by atoms with E-state index in [1.165, 1.54) is 18.2 Å². The quantitative estimate of drug-likeness (QED) is 0.903. The molecule has 102 valence electrons. The largest absolute Gasteiger partial charge is 0.487 e. The maximum absolute atomic E-state index is 13.0. The topological polar surface area (TPSA) is 47.3 Å². The van der Waals surface area contributed by atoms with Gasteiger partial charge in [0, 0.05) is 11.6 Å². The van der Waals surface area contributed by atoms with Crippen molar-refractivity contribution in [2.45, 2.75) is 33.1 Å². The Morgan fingerprint density at radius 3 is 2.89 bits per heavy atom. The zero-order chi connectivity index (χ0) is 13.8. The van der Waals surface area contributed by atoms with Crippen LogP contribution in [-0.4, -0.2) is 14.7 Å². The highest BCUT2D eigenvalue weighted by atomic mass is 19.1. The predicted octanol–water partition coefficient (Wildman–Crippen LogP) is 2.67. The lowest BCUT2D eigenvalue weighted by atomic mass is 10.2. The molecule has 0 spiro atoms. The van der Waals surface area contributed by atoms with Gasteiger partial charge >= 0.3 is 0 Å². The molecule has 1 aromatic heterocycles. The van der Waals surface area contributed by atoms with Crippen LogP contribution in [0.3, 0.4) is 0 Å². The van der Waals surface area contributed by atoms with Crippen molar-refractivity contribution < 1.29 is 14.2 Å². The second-order valence-corrected chi connectivity index (χ2v) is 4.58. The summed E-state index contributed by atoms with van der Waals surface area (Å²) in [4.78, 5) is 4.09. The molecular formula is C14H17FN2O2. The summed E-state index contributed by atoms with van der Waals surface area (Å²) in [6, 6.07) is 4.41. The SMILES string of the molecule is CC(C)n1cncc1COc1ccc(F)cc1CO. The van der Waals surface area contributed by atoms with Crippen LogP contribution < -0.4 is 4.74 Å². The molecule has 0 saturated heterocycles. The molecule has 0 bridgehead atoms. The van der Waals surface area contributed by atoms with Crippen molar-refractivity contribution in [1.29, 1.82) is 0 Å². The van der Waals surface area contributed by atoms with Gasteiger partial charge in [-0.05, 0) is 32.0 Å². The lowest BCUT2D eigenvalue weighted by Crippen LogP contribution is -2.08. The first kappa shape index (κ1) is 13.5. The fraction of sp³-hybridized carbons (Fsp3) is 0.357. The van der Waals surface area contributed by atoms with Crippen LogP contribution >= 0.6 is 0 Å². The molecule has 1 aromatic carbocycles. The normalized spacial score (nSPS) is 11.0. The molecule has 0 atom stereocenters. The molecule has 2 rings (SSSR count). The van der Waals surface area contributed by atoms with E-state index >= 15 is 0 Å². The van der Waals surface area contributed by atoms with E-state index < -0.39 is 0 Å². The molecule has 0 fully saturated rings. The number of imidazole rings is 1. The molecule has 0 amide bonds. The van der Waals surface area contributed by atoms with E-state index in [1.807, 2.05) is 4.57 Å². The second kappa shape index (κ2) is 5.84. The van der Waals surface area contributed by atoms with E-state index in [0.717, 1.165) is 5.69 Å². The van der Waals surface area contributed by atoms with Gasteiger partial charge in [-0.1, -0.05) is 0 Å². The molecule has 5 heteroatoms. The lowest BCUT2D eigenvalue weighted by molar-refractivity contribution is 0.254. The minimum Gasteiger partial charge on any atom is -0.487 e. The van der Waals surface area contributed by atoms with Gasteiger partial charge in [-0.3, -0.25) is 0 Å². The highest BCUT2D eigenvalue weighted by molar-refractivity contribution is 5.33. The summed E-state index contributed by atoms with van der Waals surface area (Å²) < 4.78 is 20.7. The highest BCUT2D eigenvalue weighted by Gasteiger charge is 2.08. The molecule has 1 heterocycles. The van der Waals surface area contributed by atoms with E-state index in [-0.39, 0.29) is 12.4 Å². The maximum Gasteiger partial charge on any atom is 0.130 e.